The summed E-state index contributed by atoms with van der Waals surface area (Å²) >= 11 is 0. The number of hydrogen-bond acceptors (Lipinski definition) is 7. The molecule has 0 saturated carbocycles. The van der Waals surface area contributed by atoms with Crippen LogP contribution in [0.2, 0.25) is 0 Å². The number of carbonyl (C=O) groups is 2. The van der Waals surface area contributed by atoms with Crippen LogP contribution in [0.5, 0.6) is 5.75 Å². The minimum Gasteiger partial charge on any atom is -0.484 e. The number of carbonyl (C=O) groups excluding carboxylic acids is 2. The van der Waals surface area contributed by atoms with Crippen molar-refractivity contribution in [2.24, 2.45) is 0 Å². The van der Waals surface area contributed by atoms with Crippen LogP contribution in [-0.4, -0.2) is 31.3 Å². The maximum Gasteiger partial charge on any atom is 0.411 e. The average molecular weight is 356 g/mol. The molecule has 0 saturated heterocycles. The molecule has 3 rings (SSSR count). The number of ether oxygens (including phenoxy) is 3. The molecule has 2 aromatic carbocycles. The molecule has 134 valence electrons. The number of nitrogens with one attached hydrogen (secondary N) is 1. The lowest BCUT2D eigenvalue weighted by molar-refractivity contribution is 0.0600. The molecule has 8 nitrogen and oxygen atoms in total. The molecule has 0 fully saturated rings. The molecule has 0 unspecified atom stereocenters. The summed E-state index contributed by atoms with van der Waals surface area (Å²) < 4.78 is 20.4. The molecule has 0 bridgehead atoms. The van der Waals surface area contributed by atoms with Crippen molar-refractivity contribution in [1.29, 1.82) is 0 Å². The quantitative estimate of drug-likeness (QED) is 0.700. The Morgan fingerprint density at radius 2 is 1.85 bits per heavy atom. The predicted octanol–water partition coefficient (Wildman–Crippen LogP) is 3.37. The van der Waals surface area contributed by atoms with Gasteiger partial charge in [0.15, 0.2) is 12.2 Å². The Balaban J connectivity index is 1.65. The number of fused-ring (bicyclic) bond motifs is 1. The first-order chi connectivity index (χ1) is 12.6. The Hall–Kier alpha value is -3.55. The van der Waals surface area contributed by atoms with Gasteiger partial charge in [0.1, 0.15) is 11.3 Å². The van der Waals surface area contributed by atoms with Crippen LogP contribution in [0.3, 0.4) is 0 Å². The highest BCUT2D eigenvalue weighted by molar-refractivity contribution is 5.93. The topological polar surface area (TPSA) is 99.9 Å². The molecular weight excluding hydrogens is 340 g/mol. The smallest absolute Gasteiger partial charge is 0.411 e. The van der Waals surface area contributed by atoms with E-state index >= 15 is 0 Å². The fourth-order valence-electron chi connectivity index (χ4n) is 2.23. The average Bonchev–Trinajstić information content (AvgIpc) is 3.08. The summed E-state index contributed by atoms with van der Waals surface area (Å²) in [5.41, 5.74) is 2.07. The predicted molar refractivity (Wildman–Crippen MR) is 92.2 cm³/mol. The van der Waals surface area contributed by atoms with Gasteiger partial charge in [-0.3, -0.25) is 5.32 Å². The van der Waals surface area contributed by atoms with Crippen LogP contribution in [0.15, 0.2) is 46.9 Å². The minimum absolute atomic E-state index is 0.117. The Labute approximate surface area is 148 Å². The SMILES string of the molecule is COC(=O)Nc1ccc(OCc2nc3ccc(C(=O)OC)cc3o2)cc1. The van der Waals surface area contributed by atoms with E-state index in [-0.39, 0.29) is 6.61 Å². The molecule has 1 aromatic heterocycles. The molecule has 1 amide bonds. The number of anilines is 1. The molecule has 0 aliphatic carbocycles. The first-order valence-corrected chi connectivity index (χ1v) is 7.64. The fraction of sp³-hybridized carbons (Fsp3) is 0.167. The summed E-state index contributed by atoms with van der Waals surface area (Å²) in [5.74, 6) is 0.512. The fourth-order valence-corrected chi connectivity index (χ4v) is 2.23. The van der Waals surface area contributed by atoms with E-state index in [9.17, 15) is 9.59 Å². The second-order valence-electron chi connectivity index (χ2n) is 5.21. The van der Waals surface area contributed by atoms with E-state index < -0.39 is 12.1 Å². The number of methoxy groups -OCH3 is 2. The summed E-state index contributed by atoms with van der Waals surface area (Å²) in [6.45, 7) is 0.117. The van der Waals surface area contributed by atoms with Gasteiger partial charge < -0.3 is 18.6 Å². The van der Waals surface area contributed by atoms with E-state index in [0.717, 1.165) is 0 Å². The molecule has 1 heterocycles. The molecule has 26 heavy (non-hydrogen) atoms. The third kappa shape index (κ3) is 3.92. The molecule has 0 spiro atoms. The van der Waals surface area contributed by atoms with Crippen molar-refractivity contribution in [2.45, 2.75) is 6.61 Å². The summed E-state index contributed by atoms with van der Waals surface area (Å²) in [5, 5.41) is 2.54. The van der Waals surface area contributed by atoms with Crippen molar-refractivity contribution in [2.75, 3.05) is 19.5 Å². The van der Waals surface area contributed by atoms with Crippen molar-refractivity contribution in [1.82, 2.24) is 4.98 Å². The van der Waals surface area contributed by atoms with E-state index in [1.54, 1.807) is 42.5 Å². The normalized spacial score (nSPS) is 10.4. The summed E-state index contributed by atoms with van der Waals surface area (Å²) in [6.07, 6.45) is -0.545. The highest BCUT2D eigenvalue weighted by atomic mass is 16.5. The monoisotopic (exact) mass is 356 g/mol. The van der Waals surface area contributed by atoms with E-state index in [2.05, 4.69) is 19.8 Å². The first-order valence-electron chi connectivity index (χ1n) is 7.64. The van der Waals surface area contributed by atoms with E-state index in [0.29, 0.717) is 34.0 Å². The Morgan fingerprint density at radius 1 is 1.08 bits per heavy atom. The van der Waals surface area contributed by atoms with Gasteiger partial charge in [-0.2, -0.15) is 0 Å². The number of amides is 1. The molecule has 0 aliphatic rings. The number of rotatable bonds is 5. The Morgan fingerprint density at radius 3 is 2.54 bits per heavy atom. The Bertz CT molecular complexity index is 933. The highest BCUT2D eigenvalue weighted by Gasteiger charge is 2.11. The van der Waals surface area contributed by atoms with Crippen LogP contribution < -0.4 is 10.1 Å². The van der Waals surface area contributed by atoms with E-state index in [1.807, 2.05) is 0 Å². The van der Waals surface area contributed by atoms with Crippen molar-refractivity contribution < 1.29 is 28.2 Å². The zero-order valence-corrected chi connectivity index (χ0v) is 14.1. The van der Waals surface area contributed by atoms with Crippen molar-refractivity contribution in [3.63, 3.8) is 0 Å². The van der Waals surface area contributed by atoms with Gasteiger partial charge in [-0.1, -0.05) is 0 Å². The highest BCUT2D eigenvalue weighted by Crippen LogP contribution is 2.20. The third-order valence-corrected chi connectivity index (χ3v) is 3.50. The largest absolute Gasteiger partial charge is 0.484 e. The lowest BCUT2D eigenvalue weighted by atomic mass is 10.2. The zero-order chi connectivity index (χ0) is 18.5. The number of nitrogens with zero attached hydrogens (tertiary/aromatic N) is 1. The van der Waals surface area contributed by atoms with Crippen LogP contribution in [0.4, 0.5) is 10.5 Å². The van der Waals surface area contributed by atoms with Gasteiger partial charge in [-0.15, -0.1) is 0 Å². The molecule has 1 N–H and O–H groups in total. The van der Waals surface area contributed by atoms with Gasteiger partial charge in [0, 0.05) is 5.69 Å². The molecule has 3 aromatic rings. The second-order valence-corrected chi connectivity index (χ2v) is 5.21. The van der Waals surface area contributed by atoms with Crippen LogP contribution in [0.25, 0.3) is 11.1 Å². The van der Waals surface area contributed by atoms with E-state index in [1.165, 1.54) is 14.2 Å². The summed E-state index contributed by atoms with van der Waals surface area (Å²) in [6, 6.07) is 11.6. The molecule has 8 heteroatoms. The maximum absolute atomic E-state index is 11.5. The second kappa shape index (κ2) is 7.56. The van der Waals surface area contributed by atoms with Crippen LogP contribution >= 0.6 is 0 Å². The first kappa shape index (κ1) is 17.3. The summed E-state index contributed by atoms with van der Waals surface area (Å²) in [7, 11) is 2.61. The van der Waals surface area contributed by atoms with Crippen molar-refractivity contribution >= 4 is 28.8 Å². The minimum atomic E-state index is -0.545. The summed E-state index contributed by atoms with van der Waals surface area (Å²) in [4.78, 5) is 27.0. The van der Waals surface area contributed by atoms with Gasteiger partial charge in [-0.25, -0.2) is 14.6 Å². The number of hydrogen-bond donors (Lipinski definition) is 1. The molecule has 0 radical (unpaired) electrons. The molecule has 0 atom stereocenters. The van der Waals surface area contributed by atoms with Gasteiger partial charge in [0.2, 0.25) is 5.89 Å². The number of aromatic nitrogens is 1. The van der Waals surface area contributed by atoms with Gasteiger partial charge >= 0.3 is 12.1 Å². The number of oxazole rings is 1. The van der Waals surface area contributed by atoms with Gasteiger partial charge in [0.05, 0.1) is 19.8 Å². The number of esters is 1. The Kier molecular flexibility index (Phi) is 5.02. The third-order valence-electron chi connectivity index (χ3n) is 3.50. The molecule has 0 aliphatic heterocycles. The van der Waals surface area contributed by atoms with Crippen molar-refractivity contribution in [3.8, 4) is 5.75 Å². The van der Waals surface area contributed by atoms with E-state index in [4.69, 9.17) is 9.15 Å². The van der Waals surface area contributed by atoms with Crippen LogP contribution in [-0.2, 0) is 16.1 Å². The van der Waals surface area contributed by atoms with Crippen molar-refractivity contribution in [3.05, 3.63) is 53.9 Å². The number of benzene rings is 2. The van der Waals surface area contributed by atoms with Gasteiger partial charge in [0.25, 0.3) is 0 Å². The lowest BCUT2D eigenvalue weighted by Gasteiger charge is -2.06. The molecular formula is C18H16N2O6. The lowest BCUT2D eigenvalue weighted by Crippen LogP contribution is -2.10. The van der Waals surface area contributed by atoms with Crippen LogP contribution in [0.1, 0.15) is 16.2 Å². The van der Waals surface area contributed by atoms with Gasteiger partial charge in [-0.05, 0) is 42.5 Å². The maximum atomic E-state index is 11.5. The van der Waals surface area contributed by atoms with Crippen LogP contribution in [0, 0.1) is 0 Å². The standard InChI is InChI=1S/C18H16N2O6/c1-23-17(21)11-3-8-14-15(9-11)26-16(20-14)10-25-13-6-4-12(5-7-13)19-18(22)24-2/h3-9H,10H2,1-2H3,(H,19,22). The zero-order valence-electron chi connectivity index (χ0n) is 14.1.